The third-order valence-electron chi connectivity index (χ3n) is 3.42. The number of para-hydroxylation sites is 1. The molecule has 0 aliphatic heterocycles. The van der Waals surface area contributed by atoms with Crippen molar-refractivity contribution in [2.24, 2.45) is 5.73 Å². The first-order chi connectivity index (χ1) is 10.1. The molecule has 0 saturated heterocycles. The smallest absolute Gasteiger partial charge is 0.131 e. The minimum absolute atomic E-state index is 0.182. The second kappa shape index (κ2) is 7.57. The van der Waals surface area contributed by atoms with Crippen molar-refractivity contribution in [1.29, 1.82) is 0 Å². The molecule has 21 heavy (non-hydrogen) atoms. The summed E-state index contributed by atoms with van der Waals surface area (Å²) in [5.74, 6) is 1.39. The van der Waals surface area contributed by atoms with Crippen molar-refractivity contribution in [3.05, 3.63) is 45.9 Å². The molecule has 2 N–H and O–H groups in total. The standard InChI is InChI=1S/C17H24N2OS/c1-4-14(18)9-13-7-5-6-8-16(13)20-10-15-11-21-17(19-15)12(2)3/h5-8,11-12,14H,4,9-10,18H2,1-3H3. The number of rotatable bonds is 7. The van der Waals surface area contributed by atoms with Crippen LogP contribution in [0.3, 0.4) is 0 Å². The van der Waals surface area contributed by atoms with E-state index in [0.29, 0.717) is 12.5 Å². The number of hydrogen-bond donors (Lipinski definition) is 1. The maximum atomic E-state index is 6.05. The van der Waals surface area contributed by atoms with Gasteiger partial charge < -0.3 is 10.5 Å². The van der Waals surface area contributed by atoms with Crippen LogP contribution in [0.4, 0.5) is 0 Å². The van der Waals surface area contributed by atoms with Crippen LogP contribution >= 0.6 is 11.3 Å². The van der Waals surface area contributed by atoms with E-state index in [4.69, 9.17) is 10.5 Å². The van der Waals surface area contributed by atoms with Gasteiger partial charge in [-0.2, -0.15) is 0 Å². The van der Waals surface area contributed by atoms with E-state index in [-0.39, 0.29) is 6.04 Å². The number of ether oxygens (including phenoxy) is 1. The molecular formula is C17H24N2OS. The Morgan fingerprint density at radius 3 is 2.71 bits per heavy atom. The summed E-state index contributed by atoms with van der Waals surface area (Å²) in [6.07, 6.45) is 1.82. The van der Waals surface area contributed by atoms with E-state index in [9.17, 15) is 0 Å². The highest BCUT2D eigenvalue weighted by molar-refractivity contribution is 7.09. The van der Waals surface area contributed by atoms with Gasteiger partial charge in [0.2, 0.25) is 0 Å². The van der Waals surface area contributed by atoms with Gasteiger partial charge >= 0.3 is 0 Å². The van der Waals surface area contributed by atoms with Gasteiger partial charge in [-0.15, -0.1) is 11.3 Å². The summed E-state index contributed by atoms with van der Waals surface area (Å²) in [5, 5.41) is 3.24. The van der Waals surface area contributed by atoms with Crippen molar-refractivity contribution in [3.63, 3.8) is 0 Å². The van der Waals surface area contributed by atoms with E-state index in [1.807, 2.05) is 18.2 Å². The first-order valence-electron chi connectivity index (χ1n) is 7.50. The van der Waals surface area contributed by atoms with Crippen LogP contribution in [0.25, 0.3) is 0 Å². The summed E-state index contributed by atoms with van der Waals surface area (Å²) in [5.41, 5.74) is 8.22. The molecule has 1 atom stereocenters. The molecule has 0 spiro atoms. The molecule has 1 aromatic carbocycles. The molecule has 0 aliphatic rings. The van der Waals surface area contributed by atoms with Crippen LogP contribution < -0.4 is 10.5 Å². The average Bonchev–Trinajstić information content (AvgIpc) is 2.95. The maximum Gasteiger partial charge on any atom is 0.131 e. The minimum Gasteiger partial charge on any atom is -0.487 e. The third kappa shape index (κ3) is 4.55. The highest BCUT2D eigenvalue weighted by Gasteiger charge is 2.09. The molecule has 2 aromatic rings. The van der Waals surface area contributed by atoms with Gasteiger partial charge in [-0.1, -0.05) is 39.0 Å². The van der Waals surface area contributed by atoms with Crippen molar-refractivity contribution in [2.45, 2.75) is 52.2 Å². The van der Waals surface area contributed by atoms with Gasteiger partial charge in [-0.3, -0.25) is 0 Å². The van der Waals surface area contributed by atoms with Gasteiger partial charge in [0.25, 0.3) is 0 Å². The lowest BCUT2D eigenvalue weighted by Crippen LogP contribution is -2.21. The van der Waals surface area contributed by atoms with Gasteiger partial charge in [0.05, 0.1) is 10.7 Å². The van der Waals surface area contributed by atoms with E-state index in [0.717, 1.165) is 29.3 Å². The molecule has 1 aromatic heterocycles. The van der Waals surface area contributed by atoms with E-state index in [2.05, 4.69) is 37.2 Å². The molecule has 2 rings (SSSR count). The molecular weight excluding hydrogens is 280 g/mol. The normalized spacial score (nSPS) is 12.6. The first-order valence-corrected chi connectivity index (χ1v) is 8.38. The lowest BCUT2D eigenvalue weighted by molar-refractivity contribution is 0.298. The second-order valence-corrected chi connectivity index (χ2v) is 6.49. The lowest BCUT2D eigenvalue weighted by atomic mass is 10.0. The summed E-state index contributed by atoms with van der Waals surface area (Å²) in [4.78, 5) is 4.60. The fourth-order valence-electron chi connectivity index (χ4n) is 2.05. The van der Waals surface area contributed by atoms with Crippen LogP contribution in [0, 0.1) is 0 Å². The second-order valence-electron chi connectivity index (χ2n) is 5.60. The number of hydrogen-bond acceptors (Lipinski definition) is 4. The predicted molar refractivity (Wildman–Crippen MR) is 88.9 cm³/mol. The fourth-order valence-corrected chi connectivity index (χ4v) is 2.87. The minimum atomic E-state index is 0.182. The van der Waals surface area contributed by atoms with Crippen LogP contribution in [-0.4, -0.2) is 11.0 Å². The van der Waals surface area contributed by atoms with Gasteiger partial charge in [0, 0.05) is 17.3 Å². The van der Waals surface area contributed by atoms with E-state index >= 15 is 0 Å². The molecule has 0 fully saturated rings. The third-order valence-corrected chi connectivity index (χ3v) is 4.61. The average molecular weight is 304 g/mol. The molecule has 0 saturated carbocycles. The van der Waals surface area contributed by atoms with Crippen molar-refractivity contribution in [3.8, 4) is 5.75 Å². The van der Waals surface area contributed by atoms with Crippen LogP contribution in [0.5, 0.6) is 5.75 Å². The van der Waals surface area contributed by atoms with E-state index in [1.165, 1.54) is 5.56 Å². The largest absolute Gasteiger partial charge is 0.487 e. The molecule has 0 amide bonds. The lowest BCUT2D eigenvalue weighted by Gasteiger charge is -2.13. The predicted octanol–water partition coefficient (Wildman–Crippen LogP) is 4.13. The first kappa shape index (κ1) is 16.0. The Balaban J connectivity index is 2.02. The maximum absolute atomic E-state index is 6.05. The number of nitrogens with two attached hydrogens (primary N) is 1. The Morgan fingerprint density at radius 1 is 1.29 bits per heavy atom. The summed E-state index contributed by atoms with van der Waals surface area (Å²) in [6, 6.07) is 8.31. The Labute approximate surface area is 131 Å². The molecule has 0 bridgehead atoms. The molecule has 4 heteroatoms. The Hall–Kier alpha value is -1.39. The molecule has 0 aliphatic carbocycles. The van der Waals surface area contributed by atoms with E-state index < -0.39 is 0 Å². The van der Waals surface area contributed by atoms with Gasteiger partial charge in [-0.05, 0) is 24.5 Å². The van der Waals surface area contributed by atoms with Crippen LogP contribution in [0.2, 0.25) is 0 Å². The zero-order chi connectivity index (χ0) is 15.2. The van der Waals surface area contributed by atoms with Crippen LogP contribution in [0.1, 0.15) is 49.4 Å². The highest BCUT2D eigenvalue weighted by Crippen LogP contribution is 2.23. The number of nitrogens with zero attached hydrogens (tertiary/aromatic N) is 1. The monoisotopic (exact) mass is 304 g/mol. The summed E-state index contributed by atoms with van der Waals surface area (Å²) in [6.45, 7) is 6.94. The van der Waals surface area contributed by atoms with Crippen molar-refractivity contribution < 1.29 is 4.74 Å². The molecule has 3 nitrogen and oxygen atoms in total. The Bertz CT molecular complexity index is 565. The van der Waals surface area contributed by atoms with Crippen LogP contribution in [-0.2, 0) is 13.0 Å². The van der Waals surface area contributed by atoms with Crippen molar-refractivity contribution in [2.75, 3.05) is 0 Å². The Kier molecular flexibility index (Phi) is 5.76. The van der Waals surface area contributed by atoms with Gasteiger partial charge in [-0.25, -0.2) is 4.98 Å². The number of thiazole rings is 1. The number of benzene rings is 1. The Morgan fingerprint density at radius 2 is 2.05 bits per heavy atom. The van der Waals surface area contributed by atoms with Crippen molar-refractivity contribution >= 4 is 11.3 Å². The molecule has 1 heterocycles. The quantitative estimate of drug-likeness (QED) is 0.837. The van der Waals surface area contributed by atoms with Gasteiger partial charge in [0.1, 0.15) is 12.4 Å². The van der Waals surface area contributed by atoms with Crippen LogP contribution in [0.15, 0.2) is 29.6 Å². The molecule has 114 valence electrons. The molecule has 0 radical (unpaired) electrons. The molecule has 1 unspecified atom stereocenters. The fraction of sp³-hybridized carbons (Fsp3) is 0.471. The summed E-state index contributed by atoms with van der Waals surface area (Å²) >= 11 is 1.70. The van der Waals surface area contributed by atoms with E-state index in [1.54, 1.807) is 11.3 Å². The SMILES string of the molecule is CCC(N)Cc1ccccc1OCc1csc(C(C)C)n1. The van der Waals surface area contributed by atoms with Gasteiger partial charge in [0.15, 0.2) is 0 Å². The zero-order valence-electron chi connectivity index (χ0n) is 13.0. The van der Waals surface area contributed by atoms with Crippen molar-refractivity contribution in [1.82, 2.24) is 4.98 Å². The zero-order valence-corrected chi connectivity index (χ0v) is 13.8. The summed E-state index contributed by atoms with van der Waals surface area (Å²) < 4.78 is 5.95. The summed E-state index contributed by atoms with van der Waals surface area (Å²) in [7, 11) is 0. The topological polar surface area (TPSA) is 48.1 Å². The highest BCUT2D eigenvalue weighted by atomic mass is 32.1. The number of aromatic nitrogens is 1.